The molecule has 23 heavy (non-hydrogen) atoms. The van der Waals surface area contributed by atoms with Crippen molar-refractivity contribution in [2.24, 2.45) is 23.7 Å². The first kappa shape index (κ1) is 15.6. The molecule has 2 bridgehead atoms. The summed E-state index contributed by atoms with van der Waals surface area (Å²) in [6.07, 6.45) is 1.69. The number of amides is 1. The minimum absolute atomic E-state index is 0.0413. The van der Waals surface area contributed by atoms with Crippen LogP contribution in [0.1, 0.15) is 18.9 Å². The molecule has 1 aliphatic heterocycles. The number of ether oxygens (including phenoxy) is 1. The minimum atomic E-state index is -0.288. The number of carbonyl (C=O) groups excluding carboxylic acids is 2. The van der Waals surface area contributed by atoms with Gasteiger partial charge in [-0.25, -0.2) is 0 Å². The van der Waals surface area contributed by atoms with Gasteiger partial charge in [0.25, 0.3) is 0 Å². The lowest BCUT2D eigenvalue weighted by molar-refractivity contribution is -0.145. The van der Waals surface area contributed by atoms with Crippen LogP contribution in [0.2, 0.25) is 0 Å². The molecule has 3 fully saturated rings. The molecule has 1 aromatic carbocycles. The van der Waals surface area contributed by atoms with Gasteiger partial charge in [0.05, 0.1) is 16.7 Å². The van der Waals surface area contributed by atoms with Crippen LogP contribution in [-0.4, -0.2) is 22.8 Å². The number of rotatable bonds is 3. The number of anilines is 1. The number of esters is 1. The molecule has 1 N–H and O–H groups in total. The van der Waals surface area contributed by atoms with E-state index in [-0.39, 0.29) is 46.5 Å². The molecular formula is C17H17Br2NO3. The van der Waals surface area contributed by atoms with Gasteiger partial charge in [-0.3, -0.25) is 9.59 Å². The Hall–Kier alpha value is -0.880. The van der Waals surface area contributed by atoms with Gasteiger partial charge in [-0.15, -0.1) is 0 Å². The third-order valence-electron chi connectivity index (χ3n) is 5.53. The van der Waals surface area contributed by atoms with Gasteiger partial charge in [0, 0.05) is 16.1 Å². The van der Waals surface area contributed by atoms with Crippen LogP contribution in [0.4, 0.5) is 5.69 Å². The molecule has 3 aliphatic rings. The largest absolute Gasteiger partial charge is 0.461 e. The molecule has 122 valence electrons. The first-order chi connectivity index (χ1) is 11.0. The van der Waals surface area contributed by atoms with Gasteiger partial charge < -0.3 is 10.1 Å². The third-order valence-corrected chi connectivity index (χ3v) is 7.23. The highest BCUT2D eigenvalue weighted by Gasteiger charge is 2.67. The van der Waals surface area contributed by atoms with Gasteiger partial charge in [0.1, 0.15) is 6.10 Å². The Morgan fingerprint density at radius 3 is 2.91 bits per heavy atom. The summed E-state index contributed by atoms with van der Waals surface area (Å²) in [5.41, 5.74) is 1.91. The Morgan fingerprint density at radius 1 is 1.39 bits per heavy atom. The molecule has 1 heterocycles. The zero-order chi connectivity index (χ0) is 16.3. The highest BCUT2D eigenvalue weighted by atomic mass is 79.9. The highest BCUT2D eigenvalue weighted by Crippen LogP contribution is 2.60. The fourth-order valence-electron chi connectivity index (χ4n) is 4.52. The lowest BCUT2D eigenvalue weighted by Gasteiger charge is -2.27. The first-order valence-electron chi connectivity index (χ1n) is 7.95. The Bertz CT molecular complexity index is 692. The van der Waals surface area contributed by atoms with E-state index in [4.69, 9.17) is 4.74 Å². The second-order valence-corrected chi connectivity index (χ2v) is 8.58. The molecule has 1 amide bonds. The van der Waals surface area contributed by atoms with Crippen molar-refractivity contribution in [2.75, 3.05) is 5.32 Å². The molecule has 4 rings (SSSR count). The average molecular weight is 443 g/mol. The Balaban J connectivity index is 1.60. The summed E-state index contributed by atoms with van der Waals surface area (Å²) in [6.45, 7) is 2.06. The smallest absolute Gasteiger partial charge is 0.310 e. The fraction of sp³-hybridized carbons (Fsp3) is 0.529. The predicted octanol–water partition coefficient (Wildman–Crippen LogP) is 3.52. The Kier molecular flexibility index (Phi) is 3.80. The SMILES string of the molecule is CCc1cc(Br)ccc1NC(=O)[C@@H]1[C@H]2C[C@H]3[C@H](OC(=O)[C@@H]31)[C@@H]2Br. The van der Waals surface area contributed by atoms with Gasteiger partial charge >= 0.3 is 5.97 Å². The van der Waals surface area contributed by atoms with E-state index in [1.165, 1.54) is 0 Å². The summed E-state index contributed by atoms with van der Waals surface area (Å²) in [7, 11) is 0. The molecule has 0 aromatic heterocycles. The summed E-state index contributed by atoms with van der Waals surface area (Å²) >= 11 is 7.10. The zero-order valence-corrected chi connectivity index (χ0v) is 15.8. The van der Waals surface area contributed by atoms with Crippen molar-refractivity contribution in [3.63, 3.8) is 0 Å². The first-order valence-corrected chi connectivity index (χ1v) is 9.66. The van der Waals surface area contributed by atoms with Crippen molar-refractivity contribution in [1.29, 1.82) is 0 Å². The van der Waals surface area contributed by atoms with Crippen LogP contribution >= 0.6 is 31.9 Å². The quantitative estimate of drug-likeness (QED) is 0.575. The molecule has 2 aliphatic carbocycles. The average Bonchev–Trinajstić information content (AvgIpc) is 3.13. The van der Waals surface area contributed by atoms with Crippen LogP contribution in [0, 0.1) is 23.7 Å². The highest BCUT2D eigenvalue weighted by molar-refractivity contribution is 9.10. The van der Waals surface area contributed by atoms with Crippen LogP contribution in [0.5, 0.6) is 0 Å². The number of nitrogens with one attached hydrogen (secondary N) is 1. The molecule has 2 saturated carbocycles. The molecule has 1 aromatic rings. The van der Waals surface area contributed by atoms with Crippen LogP contribution in [0.3, 0.4) is 0 Å². The maximum atomic E-state index is 12.9. The number of aryl methyl sites for hydroxylation is 1. The number of fused-ring (bicyclic) bond motifs is 1. The third kappa shape index (κ3) is 2.29. The lowest BCUT2D eigenvalue weighted by atomic mass is 9.79. The lowest BCUT2D eigenvalue weighted by Crippen LogP contribution is -2.40. The molecule has 4 nitrogen and oxygen atoms in total. The van der Waals surface area contributed by atoms with E-state index in [0.29, 0.717) is 0 Å². The maximum absolute atomic E-state index is 12.9. The predicted molar refractivity (Wildman–Crippen MR) is 93.3 cm³/mol. The van der Waals surface area contributed by atoms with Crippen molar-refractivity contribution in [3.05, 3.63) is 28.2 Å². The van der Waals surface area contributed by atoms with Crippen LogP contribution in [0.25, 0.3) is 0 Å². The van der Waals surface area contributed by atoms with Gasteiger partial charge in [-0.05, 0) is 42.5 Å². The normalized spacial score (nSPS) is 37.1. The van der Waals surface area contributed by atoms with E-state index >= 15 is 0 Å². The van der Waals surface area contributed by atoms with Crippen LogP contribution < -0.4 is 5.32 Å². The van der Waals surface area contributed by atoms with Crippen molar-refractivity contribution in [3.8, 4) is 0 Å². The molecule has 0 unspecified atom stereocenters. The van der Waals surface area contributed by atoms with Gasteiger partial charge in [0.15, 0.2) is 0 Å². The van der Waals surface area contributed by atoms with E-state index in [1.54, 1.807) is 0 Å². The van der Waals surface area contributed by atoms with Crippen molar-refractivity contribution < 1.29 is 14.3 Å². The summed E-state index contributed by atoms with van der Waals surface area (Å²) in [5.74, 6) is -0.425. The van der Waals surface area contributed by atoms with Crippen molar-refractivity contribution in [2.45, 2.75) is 30.7 Å². The molecule has 0 spiro atoms. The summed E-state index contributed by atoms with van der Waals surface area (Å²) in [6, 6.07) is 5.85. The second kappa shape index (κ2) is 5.59. The number of carbonyl (C=O) groups is 2. The molecule has 6 atom stereocenters. The monoisotopic (exact) mass is 441 g/mol. The Labute approximate surface area is 151 Å². The fourth-order valence-corrected chi connectivity index (χ4v) is 5.98. The van der Waals surface area contributed by atoms with Crippen molar-refractivity contribution >= 4 is 49.4 Å². The number of hydrogen-bond acceptors (Lipinski definition) is 3. The standard InChI is InChI=1S/C17H17Br2NO3/c1-2-7-5-8(18)3-4-11(7)20-16(21)12-9-6-10-13(12)17(22)23-15(10)14(9)19/h3-5,9-10,12-15H,2,6H2,1H3,(H,20,21)/t9-,10-,12-,13+,14-,15+/m1/s1. The van der Waals surface area contributed by atoms with Crippen LogP contribution in [0.15, 0.2) is 22.7 Å². The number of benzene rings is 1. The topological polar surface area (TPSA) is 55.4 Å². The van der Waals surface area contributed by atoms with E-state index < -0.39 is 0 Å². The maximum Gasteiger partial charge on any atom is 0.310 e. The van der Waals surface area contributed by atoms with Crippen molar-refractivity contribution in [1.82, 2.24) is 0 Å². The summed E-state index contributed by atoms with van der Waals surface area (Å²) in [5, 5.41) is 3.05. The number of alkyl halides is 1. The molecule has 6 heteroatoms. The van der Waals surface area contributed by atoms with Gasteiger partial charge in [-0.2, -0.15) is 0 Å². The summed E-state index contributed by atoms with van der Waals surface area (Å²) < 4.78 is 6.47. The van der Waals surface area contributed by atoms with Crippen LogP contribution in [-0.2, 0) is 20.7 Å². The number of hydrogen-bond donors (Lipinski definition) is 1. The second-order valence-electron chi connectivity index (χ2n) is 6.61. The van der Waals surface area contributed by atoms with E-state index in [2.05, 4.69) is 44.1 Å². The molecule has 1 saturated heterocycles. The van der Waals surface area contributed by atoms with E-state index in [9.17, 15) is 9.59 Å². The Morgan fingerprint density at radius 2 is 2.17 bits per heavy atom. The van der Waals surface area contributed by atoms with E-state index in [1.807, 2.05) is 18.2 Å². The molecular weight excluding hydrogens is 426 g/mol. The number of halogens is 2. The summed E-state index contributed by atoms with van der Waals surface area (Å²) in [4.78, 5) is 25.1. The van der Waals surface area contributed by atoms with Gasteiger partial charge in [-0.1, -0.05) is 38.8 Å². The van der Waals surface area contributed by atoms with Gasteiger partial charge in [0.2, 0.25) is 5.91 Å². The zero-order valence-electron chi connectivity index (χ0n) is 12.6. The molecule has 0 radical (unpaired) electrons. The van der Waals surface area contributed by atoms with E-state index in [0.717, 1.165) is 28.6 Å². The minimum Gasteiger partial charge on any atom is -0.461 e.